The summed E-state index contributed by atoms with van der Waals surface area (Å²) < 4.78 is 4.93. The van der Waals surface area contributed by atoms with Crippen molar-refractivity contribution in [3.8, 4) is 12.3 Å². The number of terminal acetylenes is 1. The van der Waals surface area contributed by atoms with Crippen LogP contribution in [0.1, 0.15) is 26.2 Å². The molecule has 1 saturated heterocycles. The second-order valence-electron chi connectivity index (χ2n) is 4.03. The number of ether oxygens (including phenoxy) is 1. The molecule has 1 aliphatic heterocycles. The largest absolute Gasteiger partial charge is 0.468 e. The van der Waals surface area contributed by atoms with Gasteiger partial charge in [-0.15, -0.1) is 6.42 Å². The highest BCUT2D eigenvalue weighted by Crippen LogP contribution is 2.33. The molecule has 1 fully saturated rings. The fourth-order valence-electron chi connectivity index (χ4n) is 2.32. The highest BCUT2D eigenvalue weighted by molar-refractivity contribution is 5.81. The first-order valence-corrected chi connectivity index (χ1v) is 5.59. The molecular formula is C13H19NO2. The maximum absolute atomic E-state index is 12.0. The van der Waals surface area contributed by atoms with Gasteiger partial charge in [-0.2, -0.15) is 0 Å². The lowest BCUT2D eigenvalue weighted by atomic mass is 9.91. The van der Waals surface area contributed by atoms with Gasteiger partial charge in [-0.25, -0.2) is 0 Å². The van der Waals surface area contributed by atoms with Crippen molar-refractivity contribution in [1.29, 1.82) is 0 Å². The lowest BCUT2D eigenvalue weighted by Gasteiger charge is -2.33. The quantitative estimate of drug-likeness (QED) is 0.410. The predicted octanol–water partition coefficient (Wildman–Crippen LogP) is 1.59. The zero-order valence-electron chi connectivity index (χ0n) is 10.0. The van der Waals surface area contributed by atoms with Crippen molar-refractivity contribution in [3.05, 3.63) is 12.2 Å². The molecule has 0 unspecified atom stereocenters. The average molecular weight is 221 g/mol. The third kappa shape index (κ3) is 2.28. The molecule has 1 aliphatic rings. The van der Waals surface area contributed by atoms with E-state index in [-0.39, 0.29) is 5.97 Å². The van der Waals surface area contributed by atoms with Crippen LogP contribution in [0.2, 0.25) is 0 Å². The van der Waals surface area contributed by atoms with Gasteiger partial charge in [0, 0.05) is 6.54 Å². The highest BCUT2D eigenvalue weighted by Gasteiger charge is 2.47. The molecule has 1 heterocycles. The van der Waals surface area contributed by atoms with E-state index in [1.165, 1.54) is 7.11 Å². The number of hydrogen-bond donors (Lipinski definition) is 0. The van der Waals surface area contributed by atoms with E-state index in [0.717, 1.165) is 19.4 Å². The lowest BCUT2D eigenvalue weighted by Crippen LogP contribution is -2.51. The van der Waals surface area contributed by atoms with Crippen molar-refractivity contribution >= 4 is 5.97 Å². The van der Waals surface area contributed by atoms with Crippen LogP contribution in [0.4, 0.5) is 0 Å². The number of esters is 1. The van der Waals surface area contributed by atoms with Crippen molar-refractivity contribution in [2.24, 2.45) is 0 Å². The van der Waals surface area contributed by atoms with E-state index >= 15 is 0 Å². The molecule has 0 aromatic carbocycles. The fourth-order valence-corrected chi connectivity index (χ4v) is 2.32. The highest BCUT2D eigenvalue weighted by atomic mass is 16.5. The molecule has 0 aliphatic carbocycles. The maximum Gasteiger partial charge on any atom is 0.326 e. The van der Waals surface area contributed by atoms with Crippen LogP contribution in [0.5, 0.6) is 0 Å². The van der Waals surface area contributed by atoms with Gasteiger partial charge in [0.05, 0.1) is 13.7 Å². The second kappa shape index (κ2) is 5.72. The van der Waals surface area contributed by atoms with Crippen LogP contribution < -0.4 is 0 Å². The number of methoxy groups -OCH3 is 1. The Morgan fingerprint density at radius 3 is 3.00 bits per heavy atom. The van der Waals surface area contributed by atoms with Crippen LogP contribution in [0.3, 0.4) is 0 Å². The van der Waals surface area contributed by atoms with Gasteiger partial charge < -0.3 is 4.74 Å². The third-order valence-corrected chi connectivity index (χ3v) is 3.16. The molecule has 3 nitrogen and oxygen atoms in total. The summed E-state index contributed by atoms with van der Waals surface area (Å²) in [5, 5.41) is 0. The number of likely N-dealkylation sites (tertiary alicyclic amines) is 1. The second-order valence-corrected chi connectivity index (χ2v) is 4.03. The summed E-state index contributed by atoms with van der Waals surface area (Å²) in [6, 6.07) is 0. The van der Waals surface area contributed by atoms with Crippen LogP contribution in [-0.2, 0) is 9.53 Å². The molecule has 0 aromatic rings. The van der Waals surface area contributed by atoms with Crippen molar-refractivity contribution in [3.63, 3.8) is 0 Å². The standard InChI is InChI=1S/C13H19NO2/c1-4-6-8-13(12(15)16-3)9-7-11-14(13)10-5-2/h2,4,6H,7-11H2,1,3H3/b6-4+/t13-/m0/s1. The minimum atomic E-state index is -0.534. The van der Waals surface area contributed by atoms with Crippen LogP contribution in [-0.4, -0.2) is 36.6 Å². The zero-order chi connectivity index (χ0) is 12.0. The van der Waals surface area contributed by atoms with Crippen molar-refractivity contribution in [2.75, 3.05) is 20.2 Å². The van der Waals surface area contributed by atoms with Gasteiger partial charge in [0.1, 0.15) is 5.54 Å². The maximum atomic E-state index is 12.0. The molecular weight excluding hydrogens is 202 g/mol. The minimum Gasteiger partial charge on any atom is -0.468 e. The summed E-state index contributed by atoms with van der Waals surface area (Å²) in [5.41, 5.74) is -0.534. The zero-order valence-corrected chi connectivity index (χ0v) is 10.0. The van der Waals surface area contributed by atoms with E-state index in [0.29, 0.717) is 13.0 Å². The summed E-state index contributed by atoms with van der Waals surface area (Å²) in [6.45, 7) is 3.33. The van der Waals surface area contributed by atoms with Crippen LogP contribution in [0.25, 0.3) is 0 Å². The third-order valence-electron chi connectivity index (χ3n) is 3.16. The summed E-state index contributed by atoms with van der Waals surface area (Å²) >= 11 is 0. The number of carbonyl (C=O) groups excluding carboxylic acids is 1. The Morgan fingerprint density at radius 2 is 2.44 bits per heavy atom. The Labute approximate surface area is 97.5 Å². The van der Waals surface area contributed by atoms with Crippen LogP contribution in [0.15, 0.2) is 12.2 Å². The molecule has 0 amide bonds. The predicted molar refractivity (Wildman–Crippen MR) is 63.8 cm³/mol. The number of rotatable bonds is 4. The Morgan fingerprint density at radius 1 is 1.69 bits per heavy atom. The van der Waals surface area contributed by atoms with Gasteiger partial charge in [-0.1, -0.05) is 18.1 Å². The minimum absolute atomic E-state index is 0.168. The Bertz CT molecular complexity index is 316. The van der Waals surface area contributed by atoms with Gasteiger partial charge in [0.25, 0.3) is 0 Å². The lowest BCUT2D eigenvalue weighted by molar-refractivity contribution is -0.153. The van der Waals surface area contributed by atoms with E-state index < -0.39 is 5.54 Å². The Hall–Kier alpha value is -1.27. The van der Waals surface area contributed by atoms with E-state index in [1.807, 2.05) is 19.1 Å². The first-order chi connectivity index (χ1) is 7.71. The van der Waals surface area contributed by atoms with Crippen molar-refractivity contribution < 1.29 is 9.53 Å². The summed E-state index contributed by atoms with van der Waals surface area (Å²) in [7, 11) is 1.44. The number of allylic oxidation sites excluding steroid dienone is 1. The van der Waals surface area contributed by atoms with E-state index in [4.69, 9.17) is 11.2 Å². The van der Waals surface area contributed by atoms with Gasteiger partial charge in [-0.05, 0) is 26.2 Å². The van der Waals surface area contributed by atoms with Gasteiger partial charge >= 0.3 is 5.97 Å². The molecule has 1 atom stereocenters. The molecule has 0 aromatic heterocycles. The molecule has 1 rings (SSSR count). The van der Waals surface area contributed by atoms with E-state index in [9.17, 15) is 4.79 Å². The number of hydrogen-bond acceptors (Lipinski definition) is 3. The summed E-state index contributed by atoms with van der Waals surface area (Å²) in [4.78, 5) is 14.0. The molecule has 88 valence electrons. The van der Waals surface area contributed by atoms with Gasteiger partial charge in [-0.3, -0.25) is 9.69 Å². The first kappa shape index (κ1) is 12.8. The Kier molecular flexibility index (Phi) is 4.57. The molecule has 16 heavy (non-hydrogen) atoms. The van der Waals surface area contributed by atoms with Crippen molar-refractivity contribution in [2.45, 2.75) is 31.7 Å². The van der Waals surface area contributed by atoms with Crippen LogP contribution >= 0.6 is 0 Å². The Balaban J connectivity index is 2.93. The molecule has 3 heteroatoms. The first-order valence-electron chi connectivity index (χ1n) is 5.59. The van der Waals surface area contributed by atoms with Gasteiger partial charge in [0.15, 0.2) is 0 Å². The molecule has 0 saturated carbocycles. The van der Waals surface area contributed by atoms with Gasteiger partial charge in [0.2, 0.25) is 0 Å². The topological polar surface area (TPSA) is 29.5 Å². The summed E-state index contributed by atoms with van der Waals surface area (Å²) in [5.74, 6) is 2.45. The molecule has 0 radical (unpaired) electrons. The average Bonchev–Trinajstić information content (AvgIpc) is 2.70. The monoisotopic (exact) mass is 221 g/mol. The fraction of sp³-hybridized carbons (Fsp3) is 0.615. The summed E-state index contributed by atoms with van der Waals surface area (Å²) in [6.07, 6.45) is 11.8. The van der Waals surface area contributed by atoms with Crippen LogP contribution in [0, 0.1) is 12.3 Å². The van der Waals surface area contributed by atoms with E-state index in [2.05, 4.69) is 10.8 Å². The van der Waals surface area contributed by atoms with Crippen molar-refractivity contribution in [1.82, 2.24) is 4.90 Å². The number of nitrogens with zero attached hydrogens (tertiary/aromatic N) is 1. The molecule has 0 spiro atoms. The molecule has 0 bridgehead atoms. The smallest absolute Gasteiger partial charge is 0.326 e. The van der Waals surface area contributed by atoms with E-state index in [1.54, 1.807) is 0 Å². The SMILES string of the molecule is C#CCN1CCC[C@@]1(C/C=C/C)C(=O)OC. The molecule has 0 N–H and O–H groups in total. The number of carbonyl (C=O) groups is 1. The normalized spacial score (nSPS) is 25.8.